The average Bonchev–Trinajstić information content (AvgIpc) is 3.27. The van der Waals surface area contributed by atoms with Crippen LogP contribution in [0.1, 0.15) is 47.1 Å². The monoisotopic (exact) mass is 487 g/mol. The summed E-state index contributed by atoms with van der Waals surface area (Å²) >= 11 is 1.56. The quantitative estimate of drug-likeness (QED) is 0.473. The summed E-state index contributed by atoms with van der Waals surface area (Å²) in [6.45, 7) is 5.50. The fourth-order valence-electron chi connectivity index (χ4n) is 3.97. The van der Waals surface area contributed by atoms with Gasteiger partial charge in [-0.05, 0) is 55.7 Å². The number of anilines is 2. The van der Waals surface area contributed by atoms with Crippen LogP contribution in [0.4, 0.5) is 11.4 Å². The Morgan fingerprint density at radius 1 is 1.03 bits per heavy atom. The molecule has 0 bridgehead atoms. The molecule has 2 atom stereocenters. The van der Waals surface area contributed by atoms with Gasteiger partial charge in [0.05, 0.1) is 5.75 Å². The van der Waals surface area contributed by atoms with Crippen molar-refractivity contribution in [3.63, 3.8) is 0 Å². The highest BCUT2D eigenvalue weighted by molar-refractivity contribution is 8.00. The molecular weight excluding hydrogens is 458 g/mol. The van der Waals surface area contributed by atoms with Gasteiger partial charge in [0.25, 0.3) is 5.91 Å². The molecule has 4 rings (SSSR count). The first-order chi connectivity index (χ1) is 16.8. The molecule has 180 valence electrons. The molecule has 0 spiro atoms. The molecule has 3 amide bonds. The van der Waals surface area contributed by atoms with Gasteiger partial charge >= 0.3 is 0 Å². The van der Waals surface area contributed by atoms with Crippen LogP contribution in [-0.2, 0) is 9.59 Å². The molecule has 35 heavy (non-hydrogen) atoms. The fourth-order valence-corrected chi connectivity index (χ4v) is 5.14. The SMILES string of the molecule is CC[C@@](C)(NC(=O)c1cccc(N2C(=O)CS[C@@H]2c2ccccc2)c1)C(=O)Nc1ccccc1C. The first-order valence-corrected chi connectivity index (χ1v) is 12.7. The van der Waals surface area contributed by atoms with Crippen molar-refractivity contribution in [2.75, 3.05) is 16.0 Å². The van der Waals surface area contributed by atoms with Crippen molar-refractivity contribution < 1.29 is 14.4 Å². The van der Waals surface area contributed by atoms with E-state index >= 15 is 0 Å². The predicted octanol–water partition coefficient (Wildman–Crippen LogP) is 5.31. The summed E-state index contributed by atoms with van der Waals surface area (Å²) < 4.78 is 0. The summed E-state index contributed by atoms with van der Waals surface area (Å²) in [6, 6.07) is 24.4. The number of para-hydroxylation sites is 1. The van der Waals surface area contributed by atoms with E-state index in [1.807, 2.05) is 74.5 Å². The minimum absolute atomic E-state index is 0.00239. The molecule has 0 unspecified atom stereocenters. The van der Waals surface area contributed by atoms with Crippen LogP contribution < -0.4 is 15.5 Å². The lowest BCUT2D eigenvalue weighted by Gasteiger charge is -2.29. The van der Waals surface area contributed by atoms with Crippen molar-refractivity contribution in [3.8, 4) is 0 Å². The topological polar surface area (TPSA) is 78.5 Å². The highest BCUT2D eigenvalue weighted by Gasteiger charge is 2.36. The van der Waals surface area contributed by atoms with Crippen LogP contribution in [0.3, 0.4) is 0 Å². The lowest BCUT2D eigenvalue weighted by atomic mass is 9.96. The van der Waals surface area contributed by atoms with Crippen molar-refractivity contribution in [2.45, 2.75) is 38.1 Å². The Morgan fingerprint density at radius 2 is 1.74 bits per heavy atom. The molecule has 1 aliphatic rings. The molecule has 1 saturated heterocycles. The van der Waals surface area contributed by atoms with Crippen LogP contribution in [-0.4, -0.2) is 29.0 Å². The summed E-state index contributed by atoms with van der Waals surface area (Å²) in [4.78, 5) is 40.9. The third-order valence-corrected chi connectivity index (χ3v) is 7.54. The van der Waals surface area contributed by atoms with E-state index in [0.29, 0.717) is 29.1 Å². The standard InChI is InChI=1S/C28H29N3O3S/c1-4-28(3,27(34)29-23-16-9-8-11-19(23)2)30-25(33)21-14-10-15-22(17-21)31-24(32)18-35-26(31)20-12-6-5-7-13-20/h5-17,26H,4,18H2,1-3H3,(H,29,34)(H,30,33)/t26-,28-/m1/s1. The van der Waals surface area contributed by atoms with E-state index in [4.69, 9.17) is 0 Å². The van der Waals surface area contributed by atoms with Crippen LogP contribution in [0, 0.1) is 6.92 Å². The van der Waals surface area contributed by atoms with Gasteiger partial charge in [0.1, 0.15) is 10.9 Å². The van der Waals surface area contributed by atoms with Crippen molar-refractivity contribution in [2.24, 2.45) is 0 Å². The Morgan fingerprint density at radius 3 is 2.46 bits per heavy atom. The van der Waals surface area contributed by atoms with Gasteiger partial charge in [-0.25, -0.2) is 0 Å². The second-order valence-electron chi connectivity index (χ2n) is 8.80. The molecule has 1 aliphatic heterocycles. The highest BCUT2D eigenvalue weighted by Crippen LogP contribution is 2.41. The Hall–Kier alpha value is -3.58. The van der Waals surface area contributed by atoms with Gasteiger partial charge in [-0.1, -0.05) is 61.5 Å². The second-order valence-corrected chi connectivity index (χ2v) is 9.87. The maximum Gasteiger partial charge on any atom is 0.252 e. The number of rotatable bonds is 7. The predicted molar refractivity (Wildman–Crippen MR) is 142 cm³/mol. The number of benzene rings is 3. The van der Waals surface area contributed by atoms with E-state index in [9.17, 15) is 14.4 Å². The number of hydrogen-bond acceptors (Lipinski definition) is 4. The summed E-state index contributed by atoms with van der Waals surface area (Å²) in [5.74, 6) is -0.277. The Kier molecular flexibility index (Phi) is 7.26. The summed E-state index contributed by atoms with van der Waals surface area (Å²) in [7, 11) is 0. The van der Waals surface area contributed by atoms with E-state index in [0.717, 1.165) is 11.1 Å². The van der Waals surface area contributed by atoms with Gasteiger partial charge in [-0.3, -0.25) is 19.3 Å². The van der Waals surface area contributed by atoms with E-state index in [-0.39, 0.29) is 23.1 Å². The third kappa shape index (κ3) is 5.25. The molecule has 0 radical (unpaired) electrons. The van der Waals surface area contributed by atoms with Crippen molar-refractivity contribution >= 4 is 40.9 Å². The fraction of sp³-hybridized carbons (Fsp3) is 0.250. The zero-order valence-electron chi connectivity index (χ0n) is 20.1. The first-order valence-electron chi connectivity index (χ1n) is 11.6. The third-order valence-electron chi connectivity index (χ3n) is 6.33. The van der Waals surface area contributed by atoms with E-state index in [1.165, 1.54) is 0 Å². The highest BCUT2D eigenvalue weighted by atomic mass is 32.2. The molecular formula is C28H29N3O3S. The minimum atomic E-state index is -1.11. The lowest BCUT2D eigenvalue weighted by Crippen LogP contribution is -2.54. The van der Waals surface area contributed by atoms with Crippen LogP contribution >= 0.6 is 11.8 Å². The van der Waals surface area contributed by atoms with Crippen LogP contribution in [0.2, 0.25) is 0 Å². The summed E-state index contributed by atoms with van der Waals surface area (Å²) in [5, 5.41) is 5.70. The van der Waals surface area contributed by atoms with Crippen molar-refractivity contribution in [1.82, 2.24) is 5.32 Å². The van der Waals surface area contributed by atoms with Gasteiger partial charge in [0.2, 0.25) is 11.8 Å². The maximum absolute atomic E-state index is 13.2. The van der Waals surface area contributed by atoms with Gasteiger partial charge in [-0.15, -0.1) is 11.8 Å². The normalized spacial score (nSPS) is 17.1. The Balaban J connectivity index is 1.54. The van der Waals surface area contributed by atoms with E-state index < -0.39 is 5.54 Å². The molecule has 1 heterocycles. The average molecular weight is 488 g/mol. The second kappa shape index (κ2) is 10.4. The van der Waals surface area contributed by atoms with Gasteiger partial charge in [0.15, 0.2) is 0 Å². The van der Waals surface area contributed by atoms with Crippen LogP contribution in [0.15, 0.2) is 78.9 Å². The molecule has 0 aromatic heterocycles. The molecule has 7 heteroatoms. The van der Waals surface area contributed by atoms with Gasteiger partial charge in [0, 0.05) is 16.9 Å². The first kappa shape index (κ1) is 24.5. The Bertz CT molecular complexity index is 1250. The lowest BCUT2D eigenvalue weighted by molar-refractivity contribution is -0.121. The summed E-state index contributed by atoms with van der Waals surface area (Å²) in [5.41, 5.74) is 2.63. The number of nitrogens with one attached hydrogen (secondary N) is 2. The zero-order chi connectivity index (χ0) is 25.0. The van der Waals surface area contributed by atoms with Gasteiger partial charge < -0.3 is 10.6 Å². The van der Waals surface area contributed by atoms with Crippen LogP contribution in [0.25, 0.3) is 0 Å². The van der Waals surface area contributed by atoms with Gasteiger partial charge in [-0.2, -0.15) is 0 Å². The number of hydrogen-bond donors (Lipinski definition) is 2. The van der Waals surface area contributed by atoms with Crippen molar-refractivity contribution in [3.05, 3.63) is 95.6 Å². The zero-order valence-corrected chi connectivity index (χ0v) is 20.9. The number of amides is 3. The Labute approximate surface area is 210 Å². The largest absolute Gasteiger partial charge is 0.338 e. The van der Waals surface area contributed by atoms with Crippen molar-refractivity contribution in [1.29, 1.82) is 0 Å². The molecule has 0 aliphatic carbocycles. The minimum Gasteiger partial charge on any atom is -0.338 e. The summed E-state index contributed by atoms with van der Waals surface area (Å²) in [6.07, 6.45) is 0.410. The van der Waals surface area contributed by atoms with E-state index in [2.05, 4.69) is 10.6 Å². The molecule has 1 fully saturated rings. The number of carbonyl (C=O) groups excluding carboxylic acids is 3. The molecule has 3 aromatic rings. The number of nitrogens with zero attached hydrogens (tertiary/aromatic N) is 1. The molecule has 6 nitrogen and oxygen atoms in total. The smallest absolute Gasteiger partial charge is 0.252 e. The number of carbonyl (C=O) groups is 3. The van der Waals surface area contributed by atoms with E-state index in [1.54, 1.807) is 41.8 Å². The number of thioether (sulfide) groups is 1. The maximum atomic E-state index is 13.2. The molecule has 3 aromatic carbocycles. The molecule has 2 N–H and O–H groups in total. The molecule has 0 saturated carbocycles. The van der Waals surface area contributed by atoms with Crippen LogP contribution in [0.5, 0.6) is 0 Å². The number of aryl methyl sites for hydroxylation is 1.